The molecule has 1 unspecified atom stereocenters. The average Bonchev–Trinajstić information content (AvgIpc) is 3.11. The zero-order valence-electron chi connectivity index (χ0n) is 17.2. The normalized spacial score (nSPS) is 15.3. The molecule has 0 radical (unpaired) electrons. The largest absolute Gasteiger partial charge is 0.390 e. The van der Waals surface area contributed by atoms with Crippen molar-refractivity contribution in [1.29, 1.82) is 0 Å². The highest BCUT2D eigenvalue weighted by molar-refractivity contribution is 14.0. The number of fused-ring (bicyclic) bond motifs is 1. The summed E-state index contributed by atoms with van der Waals surface area (Å²) < 4.78 is 0. The van der Waals surface area contributed by atoms with Gasteiger partial charge in [0.1, 0.15) is 0 Å². The summed E-state index contributed by atoms with van der Waals surface area (Å²) in [6, 6.07) is 8.57. The molecule has 0 bridgehead atoms. The van der Waals surface area contributed by atoms with E-state index in [1.165, 1.54) is 11.1 Å². The fourth-order valence-electron chi connectivity index (χ4n) is 3.44. The van der Waals surface area contributed by atoms with E-state index in [1.807, 2.05) is 13.8 Å². The monoisotopic (exact) mass is 529 g/mol. The van der Waals surface area contributed by atoms with Crippen molar-refractivity contribution in [3.05, 3.63) is 51.5 Å². The summed E-state index contributed by atoms with van der Waals surface area (Å²) in [7, 11) is 0. The van der Waals surface area contributed by atoms with Crippen molar-refractivity contribution in [2.45, 2.75) is 39.3 Å². The number of halogens is 1. The molecule has 1 aromatic carbocycles. The van der Waals surface area contributed by atoms with Crippen LogP contribution in [0.2, 0.25) is 0 Å². The lowest BCUT2D eigenvalue weighted by atomic mass is 10.00. The number of thiazole rings is 1. The van der Waals surface area contributed by atoms with Gasteiger partial charge < -0.3 is 15.7 Å². The molecule has 29 heavy (non-hydrogen) atoms. The highest BCUT2D eigenvalue weighted by Crippen LogP contribution is 2.18. The molecule has 0 saturated carbocycles. The number of rotatable bonds is 8. The molecule has 0 spiro atoms. The van der Waals surface area contributed by atoms with Gasteiger partial charge >= 0.3 is 0 Å². The first-order valence-corrected chi connectivity index (χ1v) is 10.9. The van der Waals surface area contributed by atoms with Crippen LogP contribution in [0.15, 0.2) is 34.6 Å². The number of β-amino-alcohol motifs (C(OH)–C–C–N with tert-alkyl or cyclic N) is 1. The lowest BCUT2D eigenvalue weighted by Gasteiger charge is -2.30. The summed E-state index contributed by atoms with van der Waals surface area (Å²) >= 11 is 1.68. The molecule has 3 rings (SSSR count). The van der Waals surface area contributed by atoms with Crippen LogP contribution in [0.4, 0.5) is 0 Å². The van der Waals surface area contributed by atoms with Gasteiger partial charge in [0.25, 0.3) is 0 Å². The molecule has 2 heterocycles. The molecule has 1 aliphatic rings. The Morgan fingerprint density at radius 2 is 2.10 bits per heavy atom. The van der Waals surface area contributed by atoms with E-state index in [0.29, 0.717) is 13.1 Å². The molecule has 0 fully saturated rings. The summed E-state index contributed by atoms with van der Waals surface area (Å²) in [5, 5.41) is 20.2. The van der Waals surface area contributed by atoms with Gasteiger partial charge in [0.2, 0.25) is 0 Å². The molecule has 0 amide bonds. The zero-order valence-corrected chi connectivity index (χ0v) is 20.4. The maximum absolute atomic E-state index is 10.5. The number of hydrogen-bond donors (Lipinski definition) is 3. The molecule has 6 nitrogen and oxygen atoms in total. The number of hydrogen-bond acceptors (Lipinski definition) is 5. The number of benzene rings is 1. The fraction of sp³-hybridized carbons (Fsp3) is 0.524. The SMILES string of the molecule is CCNC(=NCC(O)CN1CCc2ccccc2C1)NCCc1csc(C)n1.I. The first kappa shape index (κ1) is 24.0. The van der Waals surface area contributed by atoms with Crippen molar-refractivity contribution in [3.8, 4) is 0 Å². The number of aliphatic hydroxyl groups is 1. The Bertz CT molecular complexity index is 782. The molecule has 0 saturated heterocycles. The van der Waals surface area contributed by atoms with Crippen LogP contribution < -0.4 is 10.6 Å². The molecular formula is C21H32IN5OS. The Morgan fingerprint density at radius 1 is 1.31 bits per heavy atom. The maximum Gasteiger partial charge on any atom is 0.191 e. The summed E-state index contributed by atoms with van der Waals surface area (Å²) in [5.41, 5.74) is 3.91. The third kappa shape index (κ3) is 7.84. The number of aryl methyl sites for hydroxylation is 1. The van der Waals surface area contributed by atoms with Gasteiger partial charge in [-0.05, 0) is 31.4 Å². The minimum Gasteiger partial charge on any atom is -0.390 e. The number of aliphatic imine (C=N–C) groups is 1. The van der Waals surface area contributed by atoms with Crippen LogP contribution in [0.5, 0.6) is 0 Å². The third-order valence-electron chi connectivity index (χ3n) is 4.82. The van der Waals surface area contributed by atoms with Crippen molar-refractivity contribution >= 4 is 41.3 Å². The van der Waals surface area contributed by atoms with Crippen LogP contribution in [-0.2, 0) is 19.4 Å². The Hall–Kier alpha value is -1.23. The Balaban J connectivity index is 0.00000300. The minimum absolute atomic E-state index is 0. The number of aliphatic hydroxyl groups excluding tert-OH is 1. The first-order valence-electron chi connectivity index (χ1n) is 10.0. The van der Waals surface area contributed by atoms with Gasteiger partial charge in [0.05, 0.1) is 23.4 Å². The number of guanidine groups is 1. The molecule has 0 aliphatic carbocycles. The zero-order chi connectivity index (χ0) is 19.8. The highest BCUT2D eigenvalue weighted by Gasteiger charge is 2.18. The van der Waals surface area contributed by atoms with Crippen molar-refractivity contribution in [2.24, 2.45) is 4.99 Å². The number of aromatic nitrogens is 1. The van der Waals surface area contributed by atoms with Crippen LogP contribution in [0.25, 0.3) is 0 Å². The van der Waals surface area contributed by atoms with E-state index in [4.69, 9.17) is 0 Å². The van der Waals surface area contributed by atoms with Gasteiger partial charge in [-0.3, -0.25) is 9.89 Å². The fourth-order valence-corrected chi connectivity index (χ4v) is 4.08. The average molecular weight is 529 g/mol. The van der Waals surface area contributed by atoms with Crippen LogP contribution in [0.3, 0.4) is 0 Å². The van der Waals surface area contributed by atoms with E-state index in [2.05, 4.69) is 55.2 Å². The van der Waals surface area contributed by atoms with Crippen LogP contribution >= 0.6 is 35.3 Å². The van der Waals surface area contributed by atoms with Gasteiger partial charge in [0, 0.05) is 44.5 Å². The van der Waals surface area contributed by atoms with Gasteiger partial charge in [-0.25, -0.2) is 4.98 Å². The molecule has 160 valence electrons. The third-order valence-corrected chi connectivity index (χ3v) is 5.65. The summed E-state index contributed by atoms with van der Waals surface area (Å²) in [6.45, 7) is 8.57. The first-order chi connectivity index (χ1) is 13.6. The van der Waals surface area contributed by atoms with Crippen LogP contribution in [-0.4, -0.2) is 59.8 Å². The molecule has 1 aliphatic heterocycles. The van der Waals surface area contributed by atoms with Gasteiger partial charge in [-0.1, -0.05) is 24.3 Å². The van der Waals surface area contributed by atoms with E-state index in [0.717, 1.165) is 55.7 Å². The van der Waals surface area contributed by atoms with Gasteiger partial charge in [-0.2, -0.15) is 0 Å². The Morgan fingerprint density at radius 3 is 2.83 bits per heavy atom. The number of nitrogens with one attached hydrogen (secondary N) is 2. The van der Waals surface area contributed by atoms with Crippen molar-refractivity contribution < 1.29 is 5.11 Å². The molecule has 2 aromatic rings. The van der Waals surface area contributed by atoms with E-state index >= 15 is 0 Å². The van der Waals surface area contributed by atoms with Gasteiger partial charge in [0.15, 0.2) is 5.96 Å². The Labute approximate surface area is 194 Å². The molecule has 1 atom stereocenters. The second kappa shape index (κ2) is 12.5. The van der Waals surface area contributed by atoms with Crippen LogP contribution in [0, 0.1) is 6.92 Å². The lowest BCUT2D eigenvalue weighted by Crippen LogP contribution is -2.40. The highest BCUT2D eigenvalue weighted by atomic mass is 127. The summed E-state index contributed by atoms with van der Waals surface area (Å²) in [5.74, 6) is 0.748. The quantitative estimate of drug-likeness (QED) is 0.279. The standard InChI is InChI=1S/C21H31N5OS.HI/c1-3-22-21(23-10-8-19-15-28-16(2)25-19)24-12-20(27)14-26-11-9-17-6-4-5-7-18(17)13-26;/h4-7,15,20,27H,3,8-14H2,1-2H3,(H2,22,23,24);1H. The van der Waals surface area contributed by atoms with Gasteiger partial charge in [-0.15, -0.1) is 35.3 Å². The molecular weight excluding hydrogens is 497 g/mol. The minimum atomic E-state index is -0.470. The van der Waals surface area contributed by atoms with Crippen LogP contribution in [0.1, 0.15) is 28.8 Å². The van der Waals surface area contributed by atoms with E-state index in [9.17, 15) is 5.11 Å². The van der Waals surface area contributed by atoms with E-state index < -0.39 is 6.10 Å². The second-order valence-corrected chi connectivity index (χ2v) is 8.22. The topological polar surface area (TPSA) is 72.8 Å². The predicted molar refractivity (Wildman–Crippen MR) is 131 cm³/mol. The summed E-state index contributed by atoms with van der Waals surface area (Å²) in [6.07, 6.45) is 1.44. The predicted octanol–water partition coefficient (Wildman–Crippen LogP) is 2.59. The van der Waals surface area contributed by atoms with Crippen molar-refractivity contribution in [3.63, 3.8) is 0 Å². The molecule has 3 N–H and O–H groups in total. The lowest BCUT2D eigenvalue weighted by molar-refractivity contribution is 0.111. The van der Waals surface area contributed by atoms with Crippen molar-refractivity contribution in [1.82, 2.24) is 20.5 Å². The Kier molecular flexibility index (Phi) is 10.3. The van der Waals surface area contributed by atoms with E-state index in [-0.39, 0.29) is 24.0 Å². The van der Waals surface area contributed by atoms with E-state index in [1.54, 1.807) is 11.3 Å². The number of nitrogens with zero attached hydrogens (tertiary/aromatic N) is 3. The molecule has 1 aromatic heterocycles. The smallest absolute Gasteiger partial charge is 0.191 e. The van der Waals surface area contributed by atoms with Crippen molar-refractivity contribution in [2.75, 3.05) is 32.7 Å². The molecule has 8 heteroatoms. The summed E-state index contributed by atoms with van der Waals surface area (Å²) in [4.78, 5) is 11.4. The second-order valence-electron chi connectivity index (χ2n) is 7.16. The maximum atomic E-state index is 10.5.